The van der Waals surface area contributed by atoms with Gasteiger partial charge in [0.05, 0.1) is 17.7 Å². The zero-order valence-corrected chi connectivity index (χ0v) is 14.7. The van der Waals surface area contributed by atoms with Crippen molar-refractivity contribution in [2.45, 2.75) is 33.7 Å². The predicted octanol–water partition coefficient (Wildman–Crippen LogP) is 2.94. The van der Waals surface area contributed by atoms with Gasteiger partial charge in [-0.05, 0) is 45.4 Å². The van der Waals surface area contributed by atoms with Crippen LogP contribution >= 0.6 is 0 Å². The van der Waals surface area contributed by atoms with Crippen molar-refractivity contribution >= 4 is 5.78 Å². The second-order valence-corrected chi connectivity index (χ2v) is 5.84. The molecule has 2 rings (SSSR count). The summed E-state index contributed by atoms with van der Waals surface area (Å²) in [4.78, 5) is 25.5. The lowest BCUT2D eigenvalue weighted by Gasteiger charge is -2.18. The summed E-state index contributed by atoms with van der Waals surface area (Å²) < 4.78 is 6.54. The van der Waals surface area contributed by atoms with Crippen LogP contribution in [0.15, 0.2) is 29.1 Å². The highest BCUT2D eigenvalue weighted by atomic mass is 16.5. The lowest BCUT2D eigenvalue weighted by atomic mass is 9.96. The quantitative estimate of drug-likeness (QED) is 0.845. The van der Waals surface area contributed by atoms with Gasteiger partial charge in [-0.2, -0.15) is 5.26 Å². The molecule has 0 unspecified atom stereocenters. The number of rotatable bonds is 5. The summed E-state index contributed by atoms with van der Waals surface area (Å²) in [5.41, 5.74) is -0.387. The fourth-order valence-corrected chi connectivity index (χ4v) is 2.74. The molecular weight excluding hydrogens is 320 g/mol. The first-order chi connectivity index (χ1) is 11.8. The van der Waals surface area contributed by atoms with Gasteiger partial charge in [-0.25, -0.2) is 0 Å². The van der Waals surface area contributed by atoms with Crippen molar-refractivity contribution in [1.29, 1.82) is 5.26 Å². The molecule has 0 atom stereocenters. The Morgan fingerprint density at radius 3 is 2.56 bits per heavy atom. The number of nitrogens with zero attached hydrogens (tertiary/aromatic N) is 2. The third kappa shape index (κ3) is 3.13. The Morgan fingerprint density at radius 2 is 2.00 bits per heavy atom. The van der Waals surface area contributed by atoms with E-state index >= 15 is 0 Å². The molecule has 25 heavy (non-hydrogen) atoms. The Kier molecular flexibility index (Phi) is 5.28. The molecule has 0 fully saturated rings. The second kappa shape index (κ2) is 7.22. The SMILES string of the molecule is CCOc1ccccc1C(=O)c1c(C)c(C#N)c(=O)n(C(C)C)c1O. The van der Waals surface area contributed by atoms with Crippen molar-refractivity contribution in [1.82, 2.24) is 4.57 Å². The smallest absolute Gasteiger partial charge is 0.271 e. The van der Waals surface area contributed by atoms with E-state index in [0.717, 1.165) is 4.57 Å². The highest BCUT2D eigenvalue weighted by Crippen LogP contribution is 2.30. The van der Waals surface area contributed by atoms with E-state index in [1.807, 2.05) is 6.07 Å². The molecule has 2 aromatic rings. The zero-order chi connectivity index (χ0) is 18.7. The van der Waals surface area contributed by atoms with Gasteiger partial charge in [0.1, 0.15) is 17.4 Å². The van der Waals surface area contributed by atoms with E-state index in [9.17, 15) is 20.0 Å². The van der Waals surface area contributed by atoms with Gasteiger partial charge in [0, 0.05) is 6.04 Å². The molecule has 6 heteroatoms. The highest BCUT2D eigenvalue weighted by Gasteiger charge is 2.27. The number of ketones is 1. The van der Waals surface area contributed by atoms with E-state index in [-0.39, 0.29) is 22.3 Å². The van der Waals surface area contributed by atoms with Crippen molar-refractivity contribution < 1.29 is 14.6 Å². The summed E-state index contributed by atoms with van der Waals surface area (Å²) in [7, 11) is 0. The molecule has 0 aliphatic heterocycles. The Hall–Kier alpha value is -3.07. The van der Waals surface area contributed by atoms with Crippen molar-refractivity contribution in [2.75, 3.05) is 6.61 Å². The molecule has 1 aromatic carbocycles. The van der Waals surface area contributed by atoms with E-state index in [1.165, 1.54) is 6.92 Å². The molecule has 1 heterocycles. The molecule has 0 aliphatic carbocycles. The number of aromatic hydroxyl groups is 1. The molecule has 0 radical (unpaired) electrons. The number of ether oxygens (including phenoxy) is 1. The molecule has 0 amide bonds. The number of aromatic nitrogens is 1. The summed E-state index contributed by atoms with van der Waals surface area (Å²) in [5.74, 6) is -0.549. The number of carbonyl (C=O) groups excluding carboxylic acids is 1. The van der Waals surface area contributed by atoms with Crippen molar-refractivity contribution in [3.05, 3.63) is 56.9 Å². The first kappa shape index (κ1) is 18.3. The summed E-state index contributed by atoms with van der Waals surface area (Å²) in [5, 5.41) is 19.9. The maximum atomic E-state index is 13.1. The van der Waals surface area contributed by atoms with Crippen LogP contribution in [0.2, 0.25) is 0 Å². The van der Waals surface area contributed by atoms with Crippen molar-refractivity contribution in [3.63, 3.8) is 0 Å². The molecule has 0 spiro atoms. The van der Waals surface area contributed by atoms with Crippen LogP contribution in [-0.4, -0.2) is 22.1 Å². The molecule has 0 saturated heterocycles. The average Bonchev–Trinajstić information content (AvgIpc) is 2.55. The first-order valence-electron chi connectivity index (χ1n) is 7.99. The minimum absolute atomic E-state index is 0.0583. The molecule has 130 valence electrons. The number of hydrogen-bond donors (Lipinski definition) is 1. The molecule has 1 aromatic heterocycles. The minimum Gasteiger partial charge on any atom is -0.494 e. The second-order valence-electron chi connectivity index (χ2n) is 5.84. The van der Waals surface area contributed by atoms with Crippen LogP contribution < -0.4 is 10.3 Å². The van der Waals surface area contributed by atoms with Gasteiger partial charge in [-0.1, -0.05) is 12.1 Å². The topological polar surface area (TPSA) is 92.3 Å². The number of hydrogen-bond acceptors (Lipinski definition) is 5. The molecule has 0 aliphatic rings. The number of carbonyl (C=O) groups is 1. The summed E-state index contributed by atoms with van der Waals surface area (Å²) in [6.45, 7) is 7.06. The number of benzene rings is 1. The van der Waals surface area contributed by atoms with Crippen LogP contribution in [0.5, 0.6) is 11.6 Å². The summed E-state index contributed by atoms with van der Waals surface area (Å²) in [6, 6.07) is 8.11. The van der Waals surface area contributed by atoms with Gasteiger partial charge < -0.3 is 9.84 Å². The summed E-state index contributed by atoms with van der Waals surface area (Å²) >= 11 is 0. The maximum Gasteiger partial charge on any atom is 0.271 e. The van der Waals surface area contributed by atoms with Crippen molar-refractivity contribution in [3.8, 4) is 17.7 Å². The maximum absolute atomic E-state index is 13.1. The largest absolute Gasteiger partial charge is 0.494 e. The summed E-state index contributed by atoms with van der Waals surface area (Å²) in [6.07, 6.45) is 0. The third-order valence-electron chi connectivity index (χ3n) is 3.92. The molecule has 0 saturated carbocycles. The number of nitriles is 1. The van der Waals surface area contributed by atoms with Gasteiger partial charge in [-0.3, -0.25) is 14.2 Å². The Morgan fingerprint density at radius 1 is 1.36 bits per heavy atom. The predicted molar refractivity (Wildman–Crippen MR) is 93.2 cm³/mol. The van der Waals surface area contributed by atoms with Crippen LogP contribution in [0.4, 0.5) is 0 Å². The minimum atomic E-state index is -0.609. The van der Waals surface area contributed by atoms with Gasteiger partial charge in [0.25, 0.3) is 5.56 Å². The van der Waals surface area contributed by atoms with Crippen molar-refractivity contribution in [2.24, 2.45) is 0 Å². The van der Waals surface area contributed by atoms with Gasteiger partial charge in [0.2, 0.25) is 11.7 Å². The molecule has 0 bridgehead atoms. The van der Waals surface area contributed by atoms with Gasteiger partial charge >= 0.3 is 0 Å². The lowest BCUT2D eigenvalue weighted by molar-refractivity contribution is 0.103. The standard InChI is InChI=1S/C19H20N2O4/c1-5-25-15-9-7-6-8-13(15)17(22)16-12(4)14(10-20)18(23)21(11(2)3)19(16)24/h6-9,11,24H,5H2,1-4H3. The number of pyridine rings is 1. The monoisotopic (exact) mass is 340 g/mol. The molecule has 6 nitrogen and oxygen atoms in total. The lowest BCUT2D eigenvalue weighted by Crippen LogP contribution is -2.28. The fraction of sp³-hybridized carbons (Fsp3) is 0.316. The first-order valence-corrected chi connectivity index (χ1v) is 7.99. The van der Waals surface area contributed by atoms with Crippen LogP contribution in [0.3, 0.4) is 0 Å². The van der Waals surface area contributed by atoms with E-state index < -0.39 is 23.3 Å². The zero-order valence-electron chi connectivity index (χ0n) is 14.7. The van der Waals surface area contributed by atoms with E-state index in [1.54, 1.807) is 45.0 Å². The van der Waals surface area contributed by atoms with E-state index in [2.05, 4.69) is 0 Å². The fourth-order valence-electron chi connectivity index (χ4n) is 2.74. The van der Waals surface area contributed by atoms with Crippen LogP contribution in [-0.2, 0) is 0 Å². The van der Waals surface area contributed by atoms with Gasteiger partial charge in [-0.15, -0.1) is 0 Å². The van der Waals surface area contributed by atoms with E-state index in [0.29, 0.717) is 12.4 Å². The Balaban J connectivity index is 2.80. The Bertz CT molecular complexity index is 920. The van der Waals surface area contributed by atoms with E-state index in [4.69, 9.17) is 4.74 Å². The van der Waals surface area contributed by atoms with Gasteiger partial charge in [0.15, 0.2) is 0 Å². The average molecular weight is 340 g/mol. The highest BCUT2D eigenvalue weighted by molar-refractivity contribution is 6.13. The third-order valence-corrected chi connectivity index (χ3v) is 3.92. The number of para-hydroxylation sites is 1. The molecule has 1 N–H and O–H groups in total. The van der Waals surface area contributed by atoms with Crippen LogP contribution in [0.1, 0.15) is 53.9 Å². The normalized spacial score (nSPS) is 10.6. The van der Waals surface area contributed by atoms with Crippen LogP contribution in [0.25, 0.3) is 0 Å². The Labute approximate surface area is 145 Å². The van der Waals surface area contributed by atoms with Crippen LogP contribution in [0, 0.1) is 18.3 Å². The molecular formula is C19H20N2O4.